The van der Waals surface area contributed by atoms with Gasteiger partial charge in [0.15, 0.2) is 11.5 Å². The lowest BCUT2D eigenvalue weighted by Gasteiger charge is -2.20. The maximum Gasteiger partial charge on any atom is 0.416 e. The van der Waals surface area contributed by atoms with Crippen molar-refractivity contribution in [1.82, 2.24) is 5.32 Å². The number of amides is 1. The summed E-state index contributed by atoms with van der Waals surface area (Å²) in [6, 6.07) is 8.99. The summed E-state index contributed by atoms with van der Waals surface area (Å²) in [5.74, 6) is 0.366. The summed E-state index contributed by atoms with van der Waals surface area (Å²) in [7, 11) is 0. The smallest absolute Gasteiger partial charge is 0.416 e. The fourth-order valence-electron chi connectivity index (χ4n) is 2.51. The third-order valence-corrected chi connectivity index (χ3v) is 3.86. The van der Waals surface area contributed by atoms with Crippen LogP contribution in [0.5, 0.6) is 11.5 Å². The maximum atomic E-state index is 12.7. The van der Waals surface area contributed by atoms with Gasteiger partial charge >= 0.3 is 6.18 Å². The van der Waals surface area contributed by atoms with Gasteiger partial charge in [-0.2, -0.15) is 13.2 Å². The van der Waals surface area contributed by atoms with Gasteiger partial charge in [0.1, 0.15) is 13.2 Å². The fraction of sp³-hybridized carbons (Fsp3) is 0.278. The van der Waals surface area contributed by atoms with E-state index in [1.54, 1.807) is 18.2 Å². The zero-order valence-corrected chi connectivity index (χ0v) is 13.5. The molecule has 0 bridgehead atoms. The fourth-order valence-corrected chi connectivity index (χ4v) is 2.51. The number of alkyl halides is 3. The molecule has 1 amide bonds. The van der Waals surface area contributed by atoms with Crippen LogP contribution in [0, 0.1) is 0 Å². The Balaban J connectivity index is 1.64. The summed E-state index contributed by atoms with van der Waals surface area (Å²) < 4.78 is 48.9. The summed E-state index contributed by atoms with van der Waals surface area (Å²) >= 11 is 0. The van der Waals surface area contributed by atoms with Gasteiger partial charge in [-0.15, -0.1) is 0 Å². The molecule has 5 nitrogen and oxygen atoms in total. The highest BCUT2D eigenvalue weighted by Crippen LogP contribution is 2.32. The third kappa shape index (κ3) is 4.08. The van der Waals surface area contributed by atoms with Gasteiger partial charge in [-0.1, -0.05) is 12.1 Å². The number of aliphatic hydroxyl groups is 1. The van der Waals surface area contributed by atoms with E-state index in [1.165, 1.54) is 6.07 Å². The average Bonchev–Trinajstić information content (AvgIpc) is 2.64. The second-order valence-electron chi connectivity index (χ2n) is 5.71. The Kier molecular flexibility index (Phi) is 5.03. The first-order valence-corrected chi connectivity index (χ1v) is 7.87. The van der Waals surface area contributed by atoms with E-state index >= 15 is 0 Å². The van der Waals surface area contributed by atoms with Crippen LogP contribution in [0.2, 0.25) is 0 Å². The Morgan fingerprint density at radius 1 is 1.12 bits per heavy atom. The van der Waals surface area contributed by atoms with Gasteiger partial charge in [-0.25, -0.2) is 0 Å². The Morgan fingerprint density at radius 2 is 1.85 bits per heavy atom. The second-order valence-corrected chi connectivity index (χ2v) is 5.71. The molecule has 1 heterocycles. The monoisotopic (exact) mass is 367 g/mol. The maximum absolute atomic E-state index is 12.7. The van der Waals surface area contributed by atoms with Crippen molar-refractivity contribution in [3.05, 3.63) is 59.2 Å². The van der Waals surface area contributed by atoms with E-state index in [-0.39, 0.29) is 12.1 Å². The standard InChI is InChI=1S/C18H16F3NO4/c19-18(20,21)13-3-1-2-12(8-13)17(24)22-10-14(23)11-4-5-15-16(9-11)26-7-6-25-15/h1-5,8-9,14,23H,6-7,10H2,(H,22,24)/t14-/m0/s1. The van der Waals surface area contributed by atoms with Crippen LogP contribution in [0.3, 0.4) is 0 Å². The van der Waals surface area contributed by atoms with Gasteiger partial charge in [0, 0.05) is 12.1 Å². The second kappa shape index (κ2) is 7.25. The van der Waals surface area contributed by atoms with Gasteiger partial charge in [0.25, 0.3) is 5.91 Å². The SMILES string of the molecule is O=C(NC[C@H](O)c1ccc2c(c1)OCCO2)c1cccc(C(F)(F)F)c1. The van der Waals surface area contributed by atoms with Crippen LogP contribution in [0.4, 0.5) is 13.2 Å². The molecule has 1 aliphatic heterocycles. The molecule has 26 heavy (non-hydrogen) atoms. The lowest BCUT2D eigenvalue weighted by Crippen LogP contribution is -2.28. The van der Waals surface area contributed by atoms with Crippen LogP contribution in [0.1, 0.15) is 27.6 Å². The topological polar surface area (TPSA) is 67.8 Å². The number of fused-ring (bicyclic) bond motifs is 1. The first kappa shape index (κ1) is 18.1. The van der Waals surface area contributed by atoms with Crippen molar-refractivity contribution in [2.75, 3.05) is 19.8 Å². The minimum Gasteiger partial charge on any atom is -0.486 e. The van der Waals surface area contributed by atoms with Gasteiger partial charge in [0.05, 0.1) is 11.7 Å². The summed E-state index contributed by atoms with van der Waals surface area (Å²) in [5, 5.41) is 12.6. The zero-order valence-electron chi connectivity index (χ0n) is 13.5. The molecule has 3 rings (SSSR count). The molecule has 0 fully saturated rings. The van der Waals surface area contributed by atoms with Crippen molar-refractivity contribution in [2.45, 2.75) is 12.3 Å². The zero-order chi connectivity index (χ0) is 18.7. The van der Waals surface area contributed by atoms with E-state index in [0.29, 0.717) is 30.3 Å². The molecular formula is C18H16F3NO4. The molecule has 0 unspecified atom stereocenters. The van der Waals surface area contributed by atoms with Crippen molar-refractivity contribution in [1.29, 1.82) is 0 Å². The molecule has 0 saturated carbocycles. The van der Waals surface area contributed by atoms with Crippen molar-refractivity contribution in [3.63, 3.8) is 0 Å². The lowest BCUT2D eigenvalue weighted by atomic mass is 10.1. The first-order valence-electron chi connectivity index (χ1n) is 7.87. The minimum absolute atomic E-state index is 0.130. The molecule has 2 N–H and O–H groups in total. The molecule has 0 radical (unpaired) electrons. The van der Waals surface area contributed by atoms with E-state index in [2.05, 4.69) is 5.32 Å². The number of carbonyl (C=O) groups is 1. The molecule has 2 aromatic carbocycles. The molecule has 8 heteroatoms. The van der Waals surface area contributed by atoms with E-state index in [0.717, 1.165) is 18.2 Å². The first-order chi connectivity index (χ1) is 12.3. The number of ether oxygens (including phenoxy) is 2. The molecule has 2 aromatic rings. The van der Waals surface area contributed by atoms with E-state index < -0.39 is 23.8 Å². The van der Waals surface area contributed by atoms with Crippen LogP contribution in [-0.4, -0.2) is 30.8 Å². The predicted octanol–water partition coefficient (Wildman–Crippen LogP) is 2.94. The van der Waals surface area contributed by atoms with Crippen LogP contribution in [0.25, 0.3) is 0 Å². The largest absolute Gasteiger partial charge is 0.486 e. The number of halogens is 3. The van der Waals surface area contributed by atoms with E-state index in [4.69, 9.17) is 9.47 Å². The number of aliphatic hydroxyl groups excluding tert-OH is 1. The molecule has 138 valence electrons. The van der Waals surface area contributed by atoms with Crippen LogP contribution >= 0.6 is 0 Å². The van der Waals surface area contributed by atoms with Crippen molar-refractivity contribution in [2.24, 2.45) is 0 Å². The molecule has 0 aromatic heterocycles. The predicted molar refractivity (Wildman–Crippen MR) is 86.2 cm³/mol. The van der Waals surface area contributed by atoms with Crippen molar-refractivity contribution < 1.29 is 32.5 Å². The molecule has 0 saturated heterocycles. The van der Waals surface area contributed by atoms with Gasteiger partial charge in [-0.3, -0.25) is 4.79 Å². The van der Waals surface area contributed by atoms with Crippen LogP contribution in [0.15, 0.2) is 42.5 Å². The Labute approximate surface area is 147 Å². The van der Waals surface area contributed by atoms with Gasteiger partial charge in [0.2, 0.25) is 0 Å². The number of nitrogens with one attached hydrogen (secondary N) is 1. The minimum atomic E-state index is -4.53. The third-order valence-electron chi connectivity index (χ3n) is 3.86. The number of hydrogen-bond donors (Lipinski definition) is 2. The number of carbonyl (C=O) groups excluding carboxylic acids is 1. The van der Waals surface area contributed by atoms with Gasteiger partial charge in [-0.05, 0) is 35.9 Å². The summed E-state index contributed by atoms with van der Waals surface area (Å²) in [6.45, 7) is 0.690. The number of hydrogen-bond acceptors (Lipinski definition) is 4. The van der Waals surface area contributed by atoms with Gasteiger partial charge < -0.3 is 19.9 Å². The molecule has 1 atom stereocenters. The molecule has 0 spiro atoms. The van der Waals surface area contributed by atoms with Crippen LogP contribution < -0.4 is 14.8 Å². The molecule has 1 aliphatic rings. The summed E-state index contributed by atoms with van der Waals surface area (Å²) in [4.78, 5) is 12.1. The Bertz CT molecular complexity index is 807. The highest BCUT2D eigenvalue weighted by Gasteiger charge is 2.30. The quantitative estimate of drug-likeness (QED) is 0.872. The van der Waals surface area contributed by atoms with Crippen LogP contribution in [-0.2, 0) is 6.18 Å². The highest BCUT2D eigenvalue weighted by molar-refractivity contribution is 5.94. The molecular weight excluding hydrogens is 351 g/mol. The molecule has 0 aliphatic carbocycles. The number of benzene rings is 2. The lowest BCUT2D eigenvalue weighted by molar-refractivity contribution is -0.137. The van der Waals surface area contributed by atoms with Crippen molar-refractivity contribution in [3.8, 4) is 11.5 Å². The van der Waals surface area contributed by atoms with E-state index in [1.807, 2.05) is 0 Å². The normalized spacial score (nSPS) is 14.6. The summed E-state index contributed by atoms with van der Waals surface area (Å²) in [6.07, 6.45) is -5.57. The Morgan fingerprint density at radius 3 is 2.58 bits per heavy atom. The van der Waals surface area contributed by atoms with E-state index in [9.17, 15) is 23.1 Å². The average molecular weight is 367 g/mol. The van der Waals surface area contributed by atoms with Crippen molar-refractivity contribution >= 4 is 5.91 Å². The highest BCUT2D eigenvalue weighted by atomic mass is 19.4. The summed E-state index contributed by atoms with van der Waals surface area (Å²) in [5.41, 5.74) is -0.537. The Hall–Kier alpha value is -2.74. The number of rotatable bonds is 4.